The van der Waals surface area contributed by atoms with Crippen LogP contribution in [-0.2, 0) is 22.6 Å². The molecule has 2 N–H and O–H groups in total. The van der Waals surface area contributed by atoms with Crippen LogP contribution in [-0.4, -0.2) is 54.1 Å². The van der Waals surface area contributed by atoms with Crippen LogP contribution in [0.4, 0.5) is 26.9 Å². The molecule has 0 bridgehead atoms. The van der Waals surface area contributed by atoms with Crippen LogP contribution in [0.15, 0.2) is 46.9 Å². The molecule has 0 saturated carbocycles. The van der Waals surface area contributed by atoms with Gasteiger partial charge >= 0.3 is 18.1 Å². The lowest BCUT2D eigenvalue weighted by atomic mass is 10.2. The Labute approximate surface area is 277 Å². The van der Waals surface area contributed by atoms with Crippen LogP contribution < -0.4 is 20.1 Å². The molecule has 0 fully saturated rings. The fraction of sp³-hybridized carbons (Fsp3) is 0.686. The van der Waals surface area contributed by atoms with Gasteiger partial charge < -0.3 is 25.0 Å². The van der Waals surface area contributed by atoms with Gasteiger partial charge in [-0.15, -0.1) is 0 Å². The number of nitrogens with zero attached hydrogens (tertiary/aromatic N) is 5. The van der Waals surface area contributed by atoms with E-state index in [0.29, 0.717) is 26.2 Å². The fourth-order valence-electron chi connectivity index (χ4n) is 4.74. The van der Waals surface area contributed by atoms with Crippen molar-refractivity contribution in [2.45, 2.75) is 131 Å². The Hall–Kier alpha value is -3.63. The normalized spacial score (nSPS) is 11.9. The van der Waals surface area contributed by atoms with E-state index in [4.69, 9.17) is 14.6 Å². The maximum Gasteiger partial charge on any atom is 0.421 e. The molecule has 2 rings (SSSR count). The minimum absolute atomic E-state index is 0.418. The molecule has 0 aliphatic carbocycles. The quantitative estimate of drug-likeness (QED) is 0.0911. The van der Waals surface area contributed by atoms with E-state index in [2.05, 4.69) is 56.0 Å². The third-order valence-corrected chi connectivity index (χ3v) is 6.96. The van der Waals surface area contributed by atoms with Gasteiger partial charge in [0.1, 0.15) is 16.9 Å². The highest BCUT2D eigenvalue weighted by Crippen LogP contribution is 2.23. The number of imidazole rings is 1. The molecule has 2 aromatic rings. The van der Waals surface area contributed by atoms with Crippen molar-refractivity contribution in [2.75, 3.05) is 31.1 Å². The number of amides is 2. The van der Waals surface area contributed by atoms with Crippen molar-refractivity contribution in [2.24, 2.45) is 10.2 Å². The van der Waals surface area contributed by atoms with Crippen molar-refractivity contribution in [3.05, 3.63) is 36.7 Å². The highest BCUT2D eigenvalue weighted by Gasteiger charge is 2.18. The van der Waals surface area contributed by atoms with Gasteiger partial charge in [-0.05, 0) is 91.5 Å². The van der Waals surface area contributed by atoms with Crippen LogP contribution in [0.25, 0.3) is 0 Å². The molecule has 0 unspecified atom stereocenters. The second kappa shape index (κ2) is 19.8. The number of azo groups is 1. The number of ether oxygens (including phenoxy) is 2. The van der Waals surface area contributed by atoms with Gasteiger partial charge in [0.2, 0.25) is 0 Å². The van der Waals surface area contributed by atoms with E-state index in [1.54, 1.807) is 0 Å². The van der Waals surface area contributed by atoms with E-state index < -0.39 is 23.4 Å². The molecule has 0 radical (unpaired) electrons. The molecule has 11 nitrogen and oxygen atoms in total. The van der Waals surface area contributed by atoms with Crippen LogP contribution in [0.5, 0.6) is 0 Å². The first-order chi connectivity index (χ1) is 21.8. The van der Waals surface area contributed by atoms with E-state index in [9.17, 15) is 9.59 Å². The van der Waals surface area contributed by atoms with Crippen LogP contribution >= 0.6 is 0 Å². The molecule has 0 atom stereocenters. The number of hydrogen-bond donors (Lipinski definition) is 2. The van der Waals surface area contributed by atoms with Gasteiger partial charge in [0.05, 0.1) is 25.5 Å². The molecule has 0 spiro atoms. The highest BCUT2D eigenvalue weighted by molar-refractivity contribution is 5.68. The Morgan fingerprint density at radius 2 is 1.33 bits per heavy atom. The van der Waals surface area contributed by atoms with Crippen LogP contribution in [0.1, 0.15) is 107 Å². The third-order valence-electron chi connectivity index (χ3n) is 6.96. The second-order valence-corrected chi connectivity index (χ2v) is 13.7. The Morgan fingerprint density at radius 1 is 0.783 bits per heavy atom. The zero-order valence-electron chi connectivity index (χ0n) is 29.7. The van der Waals surface area contributed by atoms with E-state index in [1.807, 2.05) is 65.8 Å². The van der Waals surface area contributed by atoms with E-state index in [1.165, 1.54) is 25.7 Å². The topological polar surface area (TPSA) is 113 Å². The van der Waals surface area contributed by atoms with Crippen molar-refractivity contribution >= 4 is 29.5 Å². The average molecular weight is 643 g/mol. The van der Waals surface area contributed by atoms with Gasteiger partial charge in [0.25, 0.3) is 0 Å². The number of nitrogens with one attached hydrogen (secondary N) is 2. The van der Waals surface area contributed by atoms with Crippen LogP contribution in [0, 0.1) is 0 Å². The lowest BCUT2D eigenvalue weighted by Gasteiger charge is -2.26. The van der Waals surface area contributed by atoms with Crippen molar-refractivity contribution in [1.29, 1.82) is 0 Å². The summed E-state index contributed by atoms with van der Waals surface area (Å²) < 4.78 is 15.1. The molecule has 11 heteroatoms. The molecule has 258 valence electrons. The Bertz CT molecular complexity index is 1130. The highest BCUT2D eigenvalue weighted by atomic mass is 16.6. The molecule has 0 aliphatic rings. The zero-order valence-corrected chi connectivity index (χ0v) is 29.7. The number of hydrogen-bond acceptors (Lipinski definition) is 7. The Morgan fingerprint density at radius 3 is 1.85 bits per heavy atom. The summed E-state index contributed by atoms with van der Waals surface area (Å²) in [4.78, 5) is 26.4. The number of carbonyl (C=O) groups is 2. The summed E-state index contributed by atoms with van der Waals surface area (Å²) in [7, 11) is 0. The number of aromatic nitrogens is 2. The van der Waals surface area contributed by atoms with Crippen molar-refractivity contribution in [3.8, 4) is 0 Å². The maximum absolute atomic E-state index is 12.1. The summed E-state index contributed by atoms with van der Waals surface area (Å²) >= 11 is 0. The van der Waals surface area contributed by atoms with Crippen LogP contribution in [0.3, 0.4) is 0 Å². The van der Waals surface area contributed by atoms with Gasteiger partial charge in [-0.25, -0.2) is 18.7 Å². The van der Waals surface area contributed by atoms with Crippen LogP contribution in [0.2, 0.25) is 0 Å². The van der Waals surface area contributed by atoms with Gasteiger partial charge in [-0.1, -0.05) is 44.6 Å². The fourth-order valence-corrected chi connectivity index (χ4v) is 4.74. The van der Waals surface area contributed by atoms with Crippen molar-refractivity contribution in [3.63, 3.8) is 0 Å². The second-order valence-electron chi connectivity index (χ2n) is 13.7. The summed E-state index contributed by atoms with van der Waals surface area (Å²) in [5, 5.41) is 15.0. The largest absolute Gasteiger partial charge is 0.444 e. The minimum atomic E-state index is -0.538. The molecular weight excluding hydrogens is 582 g/mol. The Balaban J connectivity index is 2.10. The summed E-state index contributed by atoms with van der Waals surface area (Å²) in [6.45, 7) is 19.8. The number of anilines is 1. The first kappa shape index (κ1) is 38.6. The first-order valence-electron chi connectivity index (χ1n) is 17.1. The molecule has 2 amide bonds. The number of alkyl carbamates (subject to hydrolysis) is 2. The molecule has 1 aromatic carbocycles. The zero-order chi connectivity index (χ0) is 34.0. The smallest absolute Gasteiger partial charge is 0.421 e. The number of aryl methyl sites for hydroxylation is 2. The van der Waals surface area contributed by atoms with E-state index >= 15 is 0 Å². The lowest BCUT2D eigenvalue weighted by Crippen LogP contribution is -2.36. The standard InChI is InChI=1S/C35H59N7O4/c1-9-11-13-23-41-27-28-42(24-14-12-10-2)31(41)39-38-29-17-19-30(20-18-29)40(25-15-21-36-32(43)45-34(3,4)5)26-16-22-37-33(44)46-35(6,7)8/h17-20,27-28H,9-16,21-26H2,1-8H3,(H-,36,37,43,44)/p+1. The summed E-state index contributed by atoms with van der Waals surface area (Å²) in [5.74, 6) is 0.882. The average Bonchev–Trinajstić information content (AvgIpc) is 3.35. The van der Waals surface area contributed by atoms with Gasteiger partial charge in [-0.2, -0.15) is 0 Å². The lowest BCUT2D eigenvalue weighted by molar-refractivity contribution is -0.684. The van der Waals surface area contributed by atoms with E-state index in [-0.39, 0.29) is 0 Å². The third kappa shape index (κ3) is 16.1. The summed E-state index contributed by atoms with van der Waals surface area (Å²) in [6.07, 6.45) is 11.8. The monoisotopic (exact) mass is 642 g/mol. The first-order valence-corrected chi connectivity index (χ1v) is 17.1. The van der Waals surface area contributed by atoms with Gasteiger partial charge in [0, 0.05) is 37.0 Å². The molecule has 0 saturated heterocycles. The molecule has 1 heterocycles. The molecule has 46 heavy (non-hydrogen) atoms. The number of unbranched alkanes of at least 4 members (excludes halogenated alkanes) is 4. The number of rotatable bonds is 19. The van der Waals surface area contributed by atoms with Gasteiger partial charge in [-0.3, -0.25) is 0 Å². The molecule has 1 aromatic heterocycles. The predicted molar refractivity (Wildman–Crippen MR) is 184 cm³/mol. The van der Waals surface area contributed by atoms with Crippen molar-refractivity contribution in [1.82, 2.24) is 15.2 Å². The van der Waals surface area contributed by atoms with E-state index in [0.717, 1.165) is 56.1 Å². The number of benzene rings is 1. The number of carbonyl (C=O) groups excluding carboxylic acids is 2. The minimum Gasteiger partial charge on any atom is -0.444 e. The van der Waals surface area contributed by atoms with Crippen molar-refractivity contribution < 1.29 is 23.6 Å². The SMILES string of the molecule is CCCCCn1cc[n+](CCCCC)c1N=Nc1ccc(N(CCCNC(=O)OC(C)(C)C)CCCNC(=O)OC(C)(C)C)cc1. The predicted octanol–water partition coefficient (Wildman–Crippen LogP) is 8.21. The molecular formula is C35H60N7O4+. The summed E-state index contributed by atoms with van der Waals surface area (Å²) in [5.41, 5.74) is 0.738. The van der Waals surface area contributed by atoms with Gasteiger partial charge in [0.15, 0.2) is 0 Å². The molecule has 0 aliphatic heterocycles. The Kier molecular flexibility index (Phi) is 16.6. The summed E-state index contributed by atoms with van der Waals surface area (Å²) in [6, 6.07) is 8.06. The maximum atomic E-state index is 12.1.